The van der Waals surface area contributed by atoms with Crippen LogP contribution in [0, 0.1) is 5.82 Å². The van der Waals surface area contributed by atoms with E-state index in [0.717, 1.165) is 29.1 Å². The zero-order chi connectivity index (χ0) is 22.6. The highest BCUT2D eigenvalue weighted by Crippen LogP contribution is 2.29. The van der Waals surface area contributed by atoms with E-state index < -0.39 is 15.8 Å². The second-order valence-corrected chi connectivity index (χ2v) is 9.86. The molecule has 1 N–H and O–H groups in total. The molecule has 166 valence electrons. The Balaban J connectivity index is 1.56. The maximum Gasteiger partial charge on any atom is 0.243 e. The van der Waals surface area contributed by atoms with Crippen molar-refractivity contribution in [2.24, 2.45) is 0 Å². The topological polar surface area (TPSA) is 66.5 Å². The van der Waals surface area contributed by atoms with Gasteiger partial charge in [0.05, 0.1) is 17.5 Å². The van der Waals surface area contributed by atoms with Gasteiger partial charge in [0, 0.05) is 6.54 Å². The second kappa shape index (κ2) is 9.63. The molecule has 0 heterocycles. The lowest BCUT2D eigenvalue weighted by molar-refractivity contribution is -0.122. The molecule has 0 spiro atoms. The van der Waals surface area contributed by atoms with Gasteiger partial charge in [-0.3, -0.25) is 4.79 Å². The van der Waals surface area contributed by atoms with Crippen LogP contribution in [0.1, 0.15) is 35.6 Å². The number of hydrogen-bond acceptors (Lipinski definition) is 3. The summed E-state index contributed by atoms with van der Waals surface area (Å²) in [5.41, 5.74) is 2.90. The molecule has 0 fully saturated rings. The summed E-state index contributed by atoms with van der Waals surface area (Å²) < 4.78 is 41.1. The van der Waals surface area contributed by atoms with E-state index in [2.05, 4.69) is 11.4 Å². The summed E-state index contributed by atoms with van der Waals surface area (Å²) in [4.78, 5) is 13.1. The van der Waals surface area contributed by atoms with Crippen LogP contribution in [0.15, 0.2) is 83.8 Å². The summed E-state index contributed by atoms with van der Waals surface area (Å²) in [7, 11) is -3.93. The minimum absolute atomic E-state index is 0.0355. The van der Waals surface area contributed by atoms with Crippen LogP contribution in [-0.4, -0.2) is 25.2 Å². The molecule has 0 bridgehead atoms. The first-order valence-corrected chi connectivity index (χ1v) is 12.0. The van der Waals surface area contributed by atoms with Gasteiger partial charge in [-0.1, -0.05) is 54.6 Å². The third-order valence-corrected chi connectivity index (χ3v) is 7.48. The minimum atomic E-state index is -3.93. The van der Waals surface area contributed by atoms with Gasteiger partial charge in [0.15, 0.2) is 0 Å². The van der Waals surface area contributed by atoms with Gasteiger partial charge < -0.3 is 5.32 Å². The lowest BCUT2D eigenvalue weighted by Gasteiger charge is -2.28. The van der Waals surface area contributed by atoms with Gasteiger partial charge in [0.1, 0.15) is 5.82 Å². The van der Waals surface area contributed by atoms with Crippen molar-refractivity contribution in [3.63, 3.8) is 0 Å². The van der Waals surface area contributed by atoms with Crippen molar-refractivity contribution in [3.8, 4) is 0 Å². The number of nitrogens with zero attached hydrogens (tertiary/aromatic N) is 1. The SMILES string of the molecule is O=C(CN(Cc1ccc(F)cc1)S(=O)(=O)c1ccccc1)N[C@H]1CCCc2ccccc21. The van der Waals surface area contributed by atoms with Gasteiger partial charge >= 0.3 is 0 Å². The van der Waals surface area contributed by atoms with Crippen LogP contribution in [-0.2, 0) is 27.8 Å². The molecule has 0 unspecified atom stereocenters. The van der Waals surface area contributed by atoms with Gasteiger partial charge in [0.25, 0.3) is 0 Å². The van der Waals surface area contributed by atoms with Gasteiger partial charge in [-0.2, -0.15) is 4.31 Å². The van der Waals surface area contributed by atoms with Crippen LogP contribution >= 0.6 is 0 Å². The molecule has 1 aliphatic carbocycles. The Hall–Kier alpha value is -3.03. The first kappa shape index (κ1) is 22.2. The van der Waals surface area contributed by atoms with Crippen LogP contribution in [0.5, 0.6) is 0 Å². The van der Waals surface area contributed by atoms with Crippen LogP contribution in [0.25, 0.3) is 0 Å². The highest BCUT2D eigenvalue weighted by atomic mass is 32.2. The van der Waals surface area contributed by atoms with Crippen LogP contribution in [0.2, 0.25) is 0 Å². The molecule has 0 saturated heterocycles. The van der Waals surface area contributed by atoms with Crippen LogP contribution in [0.4, 0.5) is 4.39 Å². The van der Waals surface area contributed by atoms with Gasteiger partial charge in [0.2, 0.25) is 15.9 Å². The molecule has 3 aromatic carbocycles. The number of nitrogens with one attached hydrogen (secondary N) is 1. The molecule has 5 nitrogen and oxygen atoms in total. The van der Waals surface area contributed by atoms with E-state index in [1.54, 1.807) is 18.2 Å². The van der Waals surface area contributed by atoms with Crippen molar-refractivity contribution < 1.29 is 17.6 Å². The fourth-order valence-electron chi connectivity index (χ4n) is 4.06. The Labute approximate surface area is 187 Å². The molecule has 0 saturated carbocycles. The summed E-state index contributed by atoms with van der Waals surface area (Å²) in [6.45, 7) is -0.362. The monoisotopic (exact) mass is 452 g/mol. The van der Waals surface area contributed by atoms with Crippen LogP contribution in [0.3, 0.4) is 0 Å². The summed E-state index contributed by atoms with van der Waals surface area (Å²) in [5.74, 6) is -0.770. The van der Waals surface area contributed by atoms with E-state index in [-0.39, 0.29) is 29.9 Å². The number of carbonyl (C=O) groups is 1. The van der Waals surface area contributed by atoms with Crippen molar-refractivity contribution in [2.75, 3.05) is 6.54 Å². The largest absolute Gasteiger partial charge is 0.348 e. The number of fused-ring (bicyclic) bond motifs is 1. The Morgan fingerprint density at radius 1 is 0.969 bits per heavy atom. The molecule has 1 aliphatic rings. The third kappa shape index (κ3) is 5.06. The standard InChI is InChI=1S/C25H25FN2O3S/c26-21-15-13-19(14-16-21)17-28(32(30,31)22-9-2-1-3-10-22)18-25(29)27-24-12-6-8-20-7-4-5-11-23(20)24/h1-5,7,9-11,13-16,24H,6,8,12,17-18H2,(H,27,29)/t24-/m0/s1. The smallest absolute Gasteiger partial charge is 0.243 e. The quantitative estimate of drug-likeness (QED) is 0.584. The summed E-state index contributed by atoms with van der Waals surface area (Å²) in [6.07, 6.45) is 2.75. The Morgan fingerprint density at radius 2 is 1.66 bits per heavy atom. The molecular weight excluding hydrogens is 427 g/mol. The molecule has 4 rings (SSSR count). The van der Waals surface area contributed by atoms with E-state index >= 15 is 0 Å². The van der Waals surface area contributed by atoms with E-state index in [1.165, 1.54) is 42.0 Å². The number of hydrogen-bond donors (Lipinski definition) is 1. The molecule has 0 radical (unpaired) electrons. The highest BCUT2D eigenvalue weighted by Gasteiger charge is 2.28. The number of sulfonamides is 1. The first-order chi connectivity index (χ1) is 15.4. The average molecular weight is 453 g/mol. The maximum absolute atomic E-state index is 13.3. The molecule has 7 heteroatoms. The third-order valence-electron chi connectivity index (χ3n) is 5.68. The average Bonchev–Trinajstić information content (AvgIpc) is 2.81. The molecule has 0 aromatic heterocycles. The number of amides is 1. The molecule has 1 atom stereocenters. The molecular formula is C25H25FN2O3S. The fraction of sp³-hybridized carbons (Fsp3) is 0.240. The minimum Gasteiger partial charge on any atom is -0.348 e. The number of rotatable bonds is 7. The normalized spacial score (nSPS) is 15.9. The lowest BCUT2D eigenvalue weighted by atomic mass is 9.88. The molecule has 3 aromatic rings. The van der Waals surface area contributed by atoms with Crippen molar-refractivity contribution in [3.05, 3.63) is 101 Å². The Kier molecular flexibility index (Phi) is 6.67. The lowest BCUT2D eigenvalue weighted by Crippen LogP contribution is -2.42. The van der Waals surface area contributed by atoms with E-state index in [9.17, 15) is 17.6 Å². The zero-order valence-electron chi connectivity index (χ0n) is 17.6. The molecule has 32 heavy (non-hydrogen) atoms. The highest BCUT2D eigenvalue weighted by molar-refractivity contribution is 7.89. The van der Waals surface area contributed by atoms with Gasteiger partial charge in [-0.05, 0) is 60.2 Å². The summed E-state index contributed by atoms with van der Waals surface area (Å²) in [6, 6.07) is 21.5. The molecule has 1 amide bonds. The van der Waals surface area contributed by atoms with Crippen molar-refractivity contribution in [1.29, 1.82) is 0 Å². The number of halogens is 1. The van der Waals surface area contributed by atoms with Crippen molar-refractivity contribution in [2.45, 2.75) is 36.7 Å². The molecule has 0 aliphatic heterocycles. The van der Waals surface area contributed by atoms with E-state index in [1.807, 2.05) is 18.2 Å². The predicted molar refractivity (Wildman–Crippen MR) is 121 cm³/mol. The first-order valence-electron chi connectivity index (χ1n) is 10.6. The van der Waals surface area contributed by atoms with E-state index in [4.69, 9.17) is 0 Å². The predicted octanol–water partition coefficient (Wildman–Crippen LogP) is 4.21. The maximum atomic E-state index is 13.3. The van der Waals surface area contributed by atoms with Gasteiger partial charge in [-0.25, -0.2) is 12.8 Å². The van der Waals surface area contributed by atoms with Crippen molar-refractivity contribution >= 4 is 15.9 Å². The number of carbonyl (C=O) groups excluding carboxylic acids is 1. The van der Waals surface area contributed by atoms with Crippen LogP contribution < -0.4 is 5.32 Å². The summed E-state index contributed by atoms with van der Waals surface area (Å²) >= 11 is 0. The van der Waals surface area contributed by atoms with Gasteiger partial charge in [-0.15, -0.1) is 0 Å². The number of aryl methyl sites for hydroxylation is 1. The Morgan fingerprint density at radius 3 is 2.41 bits per heavy atom. The Bertz CT molecular complexity index is 1180. The summed E-state index contributed by atoms with van der Waals surface area (Å²) in [5, 5.41) is 3.02. The second-order valence-electron chi connectivity index (χ2n) is 7.92. The van der Waals surface area contributed by atoms with E-state index in [0.29, 0.717) is 5.56 Å². The zero-order valence-corrected chi connectivity index (χ0v) is 18.4. The van der Waals surface area contributed by atoms with Crippen molar-refractivity contribution in [1.82, 2.24) is 9.62 Å². The number of benzene rings is 3. The fourth-order valence-corrected chi connectivity index (χ4v) is 5.47.